The van der Waals surface area contributed by atoms with Crippen molar-refractivity contribution in [3.8, 4) is 0 Å². The normalized spacial score (nSPS) is 10.9. The van der Waals surface area contributed by atoms with Crippen molar-refractivity contribution < 1.29 is 4.42 Å². The van der Waals surface area contributed by atoms with Gasteiger partial charge >= 0.3 is 0 Å². The van der Waals surface area contributed by atoms with E-state index in [0.717, 1.165) is 28.2 Å². The minimum absolute atomic E-state index is 0.615. The first-order valence-corrected chi connectivity index (χ1v) is 5.39. The number of aromatic amines is 1. The largest absolute Gasteiger partial charge is 0.467 e. The average Bonchev–Trinajstić information content (AvgIpc) is 2.97. The number of fused-ring (bicyclic) bond motifs is 1. The summed E-state index contributed by atoms with van der Waals surface area (Å²) in [6.45, 7) is 2.64. The number of H-pyrrole nitrogens is 1. The molecular weight excluding hydrogens is 216 g/mol. The van der Waals surface area contributed by atoms with Crippen LogP contribution in [0, 0.1) is 6.92 Å². The third kappa shape index (κ3) is 1.75. The van der Waals surface area contributed by atoms with Crippen LogP contribution in [0.4, 0.5) is 5.82 Å². The maximum Gasteiger partial charge on any atom is 0.143 e. The lowest BCUT2D eigenvalue weighted by Gasteiger charge is -2.04. The molecule has 0 aliphatic carbocycles. The maximum atomic E-state index is 5.27. The zero-order valence-corrected chi connectivity index (χ0v) is 9.40. The number of aryl methyl sites for hydroxylation is 1. The van der Waals surface area contributed by atoms with Crippen LogP contribution in [0.15, 0.2) is 35.3 Å². The molecule has 0 aromatic carbocycles. The summed E-state index contributed by atoms with van der Waals surface area (Å²) in [5, 5.41) is 4.28. The van der Waals surface area contributed by atoms with Crippen molar-refractivity contribution in [1.29, 1.82) is 0 Å². The molecule has 0 radical (unpaired) electrons. The Morgan fingerprint density at radius 3 is 3.18 bits per heavy atom. The van der Waals surface area contributed by atoms with Crippen LogP contribution in [0.2, 0.25) is 0 Å². The molecule has 0 amide bonds. The van der Waals surface area contributed by atoms with Crippen molar-refractivity contribution in [2.24, 2.45) is 0 Å². The lowest BCUT2D eigenvalue weighted by atomic mass is 10.2. The first-order valence-electron chi connectivity index (χ1n) is 5.39. The Balaban J connectivity index is 1.92. The van der Waals surface area contributed by atoms with Gasteiger partial charge in [-0.1, -0.05) is 0 Å². The van der Waals surface area contributed by atoms with Gasteiger partial charge in [0, 0.05) is 6.20 Å². The molecule has 0 aliphatic rings. The highest BCUT2D eigenvalue weighted by atomic mass is 16.3. The molecule has 0 saturated carbocycles. The van der Waals surface area contributed by atoms with Crippen molar-refractivity contribution in [2.75, 3.05) is 5.32 Å². The molecule has 86 valence electrons. The molecule has 17 heavy (non-hydrogen) atoms. The minimum atomic E-state index is 0.615. The standard InChI is InChI=1S/C12H12N4O/c1-8-5-13-11-10(8)12(16-7-15-11)14-6-9-3-2-4-17-9/h2-5,7H,6H2,1H3,(H2,13,14,15,16). The number of aromatic nitrogens is 3. The first-order chi connectivity index (χ1) is 8.34. The molecule has 5 nitrogen and oxygen atoms in total. The van der Waals surface area contributed by atoms with Crippen LogP contribution in [0.3, 0.4) is 0 Å². The molecule has 0 spiro atoms. The number of furan rings is 1. The minimum Gasteiger partial charge on any atom is -0.467 e. The van der Waals surface area contributed by atoms with Crippen LogP contribution in [-0.4, -0.2) is 15.0 Å². The lowest BCUT2D eigenvalue weighted by molar-refractivity contribution is 0.518. The van der Waals surface area contributed by atoms with Gasteiger partial charge in [0.05, 0.1) is 18.2 Å². The summed E-state index contributed by atoms with van der Waals surface area (Å²) >= 11 is 0. The molecule has 3 aromatic heterocycles. The van der Waals surface area contributed by atoms with E-state index in [1.165, 1.54) is 0 Å². The fourth-order valence-electron chi connectivity index (χ4n) is 1.84. The summed E-state index contributed by atoms with van der Waals surface area (Å²) in [6, 6.07) is 3.80. The SMILES string of the molecule is Cc1c[nH]c2ncnc(NCc3ccco3)c12. The molecule has 0 atom stereocenters. The molecule has 0 aliphatic heterocycles. The number of anilines is 1. The predicted molar refractivity (Wildman–Crippen MR) is 64.7 cm³/mol. The molecular formula is C12H12N4O. The molecule has 3 heterocycles. The first kappa shape index (κ1) is 9.89. The van der Waals surface area contributed by atoms with E-state index in [-0.39, 0.29) is 0 Å². The lowest BCUT2D eigenvalue weighted by Crippen LogP contribution is -2.01. The highest BCUT2D eigenvalue weighted by Gasteiger charge is 2.08. The van der Waals surface area contributed by atoms with Gasteiger partial charge in [-0.2, -0.15) is 0 Å². The summed E-state index contributed by atoms with van der Waals surface area (Å²) in [6.07, 6.45) is 5.13. The van der Waals surface area contributed by atoms with Gasteiger partial charge in [0.1, 0.15) is 23.6 Å². The number of hydrogen-bond donors (Lipinski definition) is 2. The second-order valence-corrected chi connectivity index (χ2v) is 3.85. The number of hydrogen-bond acceptors (Lipinski definition) is 4. The van der Waals surface area contributed by atoms with E-state index >= 15 is 0 Å². The summed E-state index contributed by atoms with van der Waals surface area (Å²) in [4.78, 5) is 11.5. The highest BCUT2D eigenvalue weighted by molar-refractivity contribution is 5.89. The van der Waals surface area contributed by atoms with Gasteiger partial charge in [-0.25, -0.2) is 9.97 Å². The van der Waals surface area contributed by atoms with Crippen molar-refractivity contribution in [3.05, 3.63) is 42.2 Å². The number of nitrogens with one attached hydrogen (secondary N) is 2. The summed E-state index contributed by atoms with van der Waals surface area (Å²) in [5.41, 5.74) is 1.97. The second-order valence-electron chi connectivity index (χ2n) is 3.85. The molecule has 2 N–H and O–H groups in total. The second kappa shape index (κ2) is 3.93. The Bertz CT molecular complexity index is 627. The topological polar surface area (TPSA) is 66.7 Å². The third-order valence-corrected chi connectivity index (χ3v) is 2.68. The molecule has 0 bridgehead atoms. The van der Waals surface area contributed by atoms with E-state index in [9.17, 15) is 0 Å². The maximum absolute atomic E-state index is 5.27. The molecule has 3 rings (SSSR count). The quantitative estimate of drug-likeness (QED) is 0.722. The molecule has 5 heteroatoms. The average molecular weight is 228 g/mol. The molecule has 0 unspecified atom stereocenters. The van der Waals surface area contributed by atoms with Crippen molar-refractivity contribution >= 4 is 16.9 Å². The smallest absolute Gasteiger partial charge is 0.143 e. The van der Waals surface area contributed by atoms with Crippen LogP contribution in [-0.2, 0) is 6.54 Å². The highest BCUT2D eigenvalue weighted by Crippen LogP contribution is 2.22. The van der Waals surface area contributed by atoms with Crippen LogP contribution in [0.5, 0.6) is 0 Å². The van der Waals surface area contributed by atoms with Gasteiger partial charge in [0.25, 0.3) is 0 Å². The summed E-state index contributed by atoms with van der Waals surface area (Å²) in [7, 11) is 0. The van der Waals surface area contributed by atoms with Crippen molar-refractivity contribution in [1.82, 2.24) is 15.0 Å². The zero-order chi connectivity index (χ0) is 11.7. The van der Waals surface area contributed by atoms with Crippen LogP contribution >= 0.6 is 0 Å². The molecule has 3 aromatic rings. The van der Waals surface area contributed by atoms with E-state index in [1.54, 1.807) is 12.6 Å². The Morgan fingerprint density at radius 1 is 1.41 bits per heavy atom. The van der Waals surface area contributed by atoms with Gasteiger partial charge in [0.2, 0.25) is 0 Å². The summed E-state index contributed by atoms with van der Waals surface area (Å²) < 4.78 is 5.27. The van der Waals surface area contributed by atoms with Crippen LogP contribution in [0.25, 0.3) is 11.0 Å². The predicted octanol–water partition coefficient (Wildman–Crippen LogP) is 2.47. The fraction of sp³-hybridized carbons (Fsp3) is 0.167. The van der Waals surface area contributed by atoms with E-state index in [1.807, 2.05) is 25.3 Å². The Morgan fingerprint density at radius 2 is 2.35 bits per heavy atom. The molecule has 0 fully saturated rings. The van der Waals surface area contributed by atoms with Gasteiger partial charge in [-0.15, -0.1) is 0 Å². The summed E-state index contributed by atoms with van der Waals surface area (Å²) in [5.74, 6) is 1.70. The Hall–Kier alpha value is -2.30. The molecule has 0 saturated heterocycles. The van der Waals surface area contributed by atoms with Crippen LogP contribution < -0.4 is 5.32 Å². The zero-order valence-electron chi connectivity index (χ0n) is 9.40. The number of nitrogens with zero attached hydrogens (tertiary/aromatic N) is 2. The Labute approximate surface area is 97.9 Å². The van der Waals surface area contributed by atoms with E-state index < -0.39 is 0 Å². The monoisotopic (exact) mass is 228 g/mol. The van der Waals surface area contributed by atoms with Gasteiger partial charge < -0.3 is 14.7 Å². The number of rotatable bonds is 3. The van der Waals surface area contributed by atoms with E-state index in [0.29, 0.717) is 6.54 Å². The fourth-order valence-corrected chi connectivity index (χ4v) is 1.84. The van der Waals surface area contributed by atoms with Gasteiger partial charge in [-0.05, 0) is 24.6 Å². The van der Waals surface area contributed by atoms with Crippen molar-refractivity contribution in [3.63, 3.8) is 0 Å². The van der Waals surface area contributed by atoms with Crippen LogP contribution in [0.1, 0.15) is 11.3 Å². The Kier molecular flexibility index (Phi) is 2.29. The third-order valence-electron chi connectivity index (χ3n) is 2.68. The van der Waals surface area contributed by atoms with Gasteiger partial charge in [0.15, 0.2) is 0 Å². The van der Waals surface area contributed by atoms with Gasteiger partial charge in [-0.3, -0.25) is 0 Å². The van der Waals surface area contributed by atoms with E-state index in [2.05, 4.69) is 20.3 Å². The van der Waals surface area contributed by atoms with E-state index in [4.69, 9.17) is 4.42 Å². The van der Waals surface area contributed by atoms with Crippen molar-refractivity contribution in [2.45, 2.75) is 13.5 Å².